The topological polar surface area (TPSA) is 75.6 Å². The predicted octanol–water partition coefficient (Wildman–Crippen LogP) is -3.22. The summed E-state index contributed by atoms with van der Waals surface area (Å²) in [4.78, 5) is 21.7. The third-order valence-electron chi connectivity index (χ3n) is 1.82. The van der Waals surface area contributed by atoms with Crippen LogP contribution >= 0.6 is 22.6 Å². The van der Waals surface area contributed by atoms with E-state index in [-0.39, 0.29) is 27.5 Å². The standard InChI is InChI=1S/C7H10I2NO4/c1-7(8,4-2-9-10-4)6(13)14-3-5(11)12/h4,10H,2-3H2,1H3,(H,11,12)/q-1. The van der Waals surface area contributed by atoms with Crippen LogP contribution in [0.15, 0.2) is 0 Å². The van der Waals surface area contributed by atoms with Crippen molar-refractivity contribution in [1.29, 1.82) is 0 Å². The summed E-state index contributed by atoms with van der Waals surface area (Å²) in [7, 11) is 0. The van der Waals surface area contributed by atoms with E-state index in [4.69, 9.17) is 5.11 Å². The number of aliphatic carboxylic acids is 1. The maximum atomic E-state index is 11.5. The first-order chi connectivity index (χ1) is 6.44. The zero-order valence-electron chi connectivity index (χ0n) is 7.42. The van der Waals surface area contributed by atoms with Gasteiger partial charge in [0, 0.05) is 0 Å². The molecule has 7 heteroatoms. The number of alkyl halides is 2. The Balaban J connectivity index is 2.45. The van der Waals surface area contributed by atoms with Gasteiger partial charge in [-0.1, -0.05) is 0 Å². The van der Waals surface area contributed by atoms with Gasteiger partial charge in [0.2, 0.25) is 0 Å². The number of carboxylic acids is 1. The normalized spacial score (nSPS) is 25.1. The molecule has 0 saturated carbocycles. The first-order valence-electron chi connectivity index (χ1n) is 3.86. The Morgan fingerprint density at radius 2 is 2.36 bits per heavy atom. The molecule has 0 aromatic heterocycles. The Morgan fingerprint density at radius 1 is 1.79 bits per heavy atom. The van der Waals surface area contributed by atoms with Crippen LogP contribution in [0.1, 0.15) is 6.92 Å². The van der Waals surface area contributed by atoms with Gasteiger partial charge in [-0.3, -0.25) is 0 Å². The number of rotatable bonds is 4. The van der Waals surface area contributed by atoms with E-state index in [1.54, 1.807) is 6.92 Å². The van der Waals surface area contributed by atoms with Crippen LogP contribution in [0.4, 0.5) is 0 Å². The van der Waals surface area contributed by atoms with Gasteiger partial charge in [-0.05, 0) is 0 Å². The predicted molar refractivity (Wildman–Crippen MR) is 52.8 cm³/mol. The van der Waals surface area contributed by atoms with Gasteiger partial charge in [-0.2, -0.15) is 0 Å². The van der Waals surface area contributed by atoms with Crippen molar-refractivity contribution in [2.75, 3.05) is 11.0 Å². The third kappa shape index (κ3) is 2.92. The van der Waals surface area contributed by atoms with Crippen molar-refractivity contribution in [1.82, 2.24) is 3.53 Å². The number of esters is 1. The molecule has 2 unspecified atom stereocenters. The number of carboxylic acid groups (broad SMARTS) is 1. The molecule has 1 heterocycles. The molecule has 1 rings (SSSR count). The van der Waals surface area contributed by atoms with Gasteiger partial charge in [0.05, 0.1) is 0 Å². The van der Waals surface area contributed by atoms with Crippen LogP contribution in [0.25, 0.3) is 0 Å². The van der Waals surface area contributed by atoms with E-state index >= 15 is 0 Å². The van der Waals surface area contributed by atoms with E-state index in [2.05, 4.69) is 8.27 Å². The molecule has 0 amide bonds. The molecular formula is C7H10I2NO4-. The quantitative estimate of drug-likeness (QED) is 0.214. The molecule has 0 radical (unpaired) electrons. The number of halogens is 2. The molecule has 1 aliphatic rings. The zero-order valence-corrected chi connectivity index (χ0v) is 11.7. The first kappa shape index (κ1) is 12.4. The number of carbonyl (C=O) groups is 2. The van der Waals surface area contributed by atoms with Crippen molar-refractivity contribution in [2.45, 2.75) is 16.4 Å². The van der Waals surface area contributed by atoms with Gasteiger partial charge in [-0.25, -0.2) is 0 Å². The minimum absolute atomic E-state index is 0.0579. The Labute approximate surface area is 106 Å². The van der Waals surface area contributed by atoms with Gasteiger partial charge in [-0.15, -0.1) is 0 Å². The van der Waals surface area contributed by atoms with E-state index in [0.717, 1.165) is 4.43 Å². The average molecular weight is 426 g/mol. The Kier molecular flexibility index (Phi) is 4.37. The van der Waals surface area contributed by atoms with Crippen molar-refractivity contribution in [2.24, 2.45) is 0 Å². The summed E-state index contributed by atoms with van der Waals surface area (Å²) in [5.41, 5.74) is 0. The zero-order chi connectivity index (χ0) is 10.8. The molecule has 5 nitrogen and oxygen atoms in total. The molecule has 2 atom stereocenters. The second-order valence-corrected chi connectivity index (χ2v) is 7.50. The van der Waals surface area contributed by atoms with Crippen LogP contribution in [0.3, 0.4) is 0 Å². The van der Waals surface area contributed by atoms with Crippen molar-refractivity contribution >= 4 is 34.5 Å². The van der Waals surface area contributed by atoms with Crippen molar-refractivity contribution in [3.8, 4) is 0 Å². The first-order valence-corrected chi connectivity index (χ1v) is 7.54. The van der Waals surface area contributed by atoms with Crippen LogP contribution in [0.5, 0.6) is 0 Å². The van der Waals surface area contributed by atoms with Crippen molar-refractivity contribution in [3.63, 3.8) is 0 Å². The summed E-state index contributed by atoms with van der Waals surface area (Å²) in [5.74, 6) is -1.58. The molecule has 0 bridgehead atoms. The van der Waals surface area contributed by atoms with Crippen molar-refractivity contribution < 1.29 is 40.9 Å². The van der Waals surface area contributed by atoms with Crippen LogP contribution in [0, 0.1) is 0 Å². The van der Waals surface area contributed by atoms with E-state index in [1.807, 2.05) is 22.6 Å². The minimum atomic E-state index is -1.13. The molecule has 0 aliphatic carbocycles. The summed E-state index contributed by atoms with van der Waals surface area (Å²) >= 11 is 2.07. The number of ether oxygens (including phenoxy) is 1. The summed E-state index contributed by atoms with van der Waals surface area (Å²) in [6.45, 7) is 1.21. The van der Waals surface area contributed by atoms with Crippen LogP contribution in [-0.4, -0.2) is 37.5 Å². The molecule has 1 fully saturated rings. The number of hydrogen-bond acceptors (Lipinski definition) is 4. The SMILES string of the molecule is CC(I)(C(=O)OCC(=O)O)C1C[I-]N1. The Bertz CT molecular complexity index is 252. The van der Waals surface area contributed by atoms with Crippen LogP contribution < -0.4 is 25.0 Å². The van der Waals surface area contributed by atoms with Gasteiger partial charge >= 0.3 is 106 Å². The van der Waals surface area contributed by atoms with Gasteiger partial charge in [0.1, 0.15) is 0 Å². The fourth-order valence-electron chi connectivity index (χ4n) is 0.812. The molecule has 0 spiro atoms. The third-order valence-corrected chi connectivity index (χ3v) is 5.53. The van der Waals surface area contributed by atoms with E-state index in [9.17, 15) is 9.59 Å². The fourth-order valence-corrected chi connectivity index (χ4v) is 5.17. The number of nitrogens with one attached hydrogen (secondary N) is 1. The van der Waals surface area contributed by atoms with E-state index < -0.39 is 22.0 Å². The Morgan fingerprint density at radius 3 is 2.71 bits per heavy atom. The Hall–Kier alpha value is 0.360. The molecule has 0 aromatic rings. The molecule has 2 N–H and O–H groups in total. The van der Waals surface area contributed by atoms with Gasteiger partial charge in [0.15, 0.2) is 0 Å². The molecule has 1 saturated heterocycles. The van der Waals surface area contributed by atoms with E-state index in [1.165, 1.54) is 0 Å². The second kappa shape index (κ2) is 4.92. The molecule has 1 aliphatic heterocycles. The average Bonchev–Trinajstić information content (AvgIpc) is 1.95. The second-order valence-electron chi connectivity index (χ2n) is 3.00. The summed E-state index contributed by atoms with van der Waals surface area (Å²) in [6, 6.07) is 0.136. The summed E-state index contributed by atoms with van der Waals surface area (Å²) in [5, 5.41) is 8.35. The van der Waals surface area contributed by atoms with Crippen LogP contribution in [-0.2, 0) is 14.3 Å². The van der Waals surface area contributed by atoms with Gasteiger partial charge in [0.25, 0.3) is 0 Å². The van der Waals surface area contributed by atoms with E-state index in [0.29, 0.717) is 0 Å². The summed E-state index contributed by atoms with van der Waals surface area (Å²) < 4.78 is 8.24. The molecule has 82 valence electrons. The fraction of sp³-hybridized carbons (Fsp3) is 0.714. The monoisotopic (exact) mass is 426 g/mol. The number of carbonyl (C=O) groups excluding carboxylic acids is 1. The molecule has 0 aromatic carbocycles. The molecular weight excluding hydrogens is 416 g/mol. The summed E-state index contributed by atoms with van der Waals surface area (Å²) in [6.07, 6.45) is 0. The van der Waals surface area contributed by atoms with Crippen molar-refractivity contribution in [3.05, 3.63) is 0 Å². The van der Waals surface area contributed by atoms with Crippen LogP contribution in [0.2, 0.25) is 0 Å². The number of hydrogen-bond donors (Lipinski definition) is 2. The molecule has 14 heavy (non-hydrogen) atoms. The maximum absolute atomic E-state index is 11.5. The van der Waals surface area contributed by atoms with Gasteiger partial charge < -0.3 is 0 Å².